The Bertz CT molecular complexity index is 1460. The molecule has 0 aliphatic carbocycles. The Morgan fingerprint density at radius 1 is 1.00 bits per heavy atom. The van der Waals surface area contributed by atoms with Gasteiger partial charge in [0.15, 0.2) is 0 Å². The molecule has 0 radical (unpaired) electrons. The summed E-state index contributed by atoms with van der Waals surface area (Å²) in [7, 11) is 1.64. The molecule has 2 aromatic heterocycles. The molecule has 0 saturated carbocycles. The van der Waals surface area contributed by atoms with Crippen LogP contribution in [0, 0.1) is 6.92 Å². The van der Waals surface area contributed by atoms with Crippen LogP contribution in [0.4, 0.5) is 0 Å². The van der Waals surface area contributed by atoms with Gasteiger partial charge in [-0.2, -0.15) is 0 Å². The Hall–Kier alpha value is -3.64. The molecule has 32 heavy (non-hydrogen) atoms. The topological polar surface area (TPSA) is 53.4 Å². The molecule has 160 valence electrons. The van der Waals surface area contributed by atoms with Gasteiger partial charge in [-0.15, -0.1) is 11.3 Å². The molecule has 0 fully saturated rings. The van der Waals surface area contributed by atoms with Gasteiger partial charge in [0.2, 0.25) is 0 Å². The number of thiophene rings is 1. The van der Waals surface area contributed by atoms with Crippen LogP contribution in [-0.4, -0.2) is 23.3 Å². The zero-order chi connectivity index (χ0) is 22.1. The Kier molecular flexibility index (Phi) is 5.37. The van der Waals surface area contributed by atoms with Gasteiger partial charge in [-0.05, 0) is 36.1 Å². The molecule has 2 heterocycles. The van der Waals surface area contributed by atoms with E-state index in [4.69, 9.17) is 14.5 Å². The van der Waals surface area contributed by atoms with Crippen LogP contribution in [-0.2, 0) is 6.54 Å². The predicted octanol–water partition coefficient (Wildman–Crippen LogP) is 5.67. The van der Waals surface area contributed by atoms with E-state index in [1.165, 1.54) is 11.3 Å². The first-order valence-electron chi connectivity index (χ1n) is 10.4. The van der Waals surface area contributed by atoms with E-state index in [0.29, 0.717) is 24.4 Å². The van der Waals surface area contributed by atoms with E-state index in [2.05, 4.69) is 12.1 Å². The van der Waals surface area contributed by atoms with Crippen molar-refractivity contribution in [1.82, 2.24) is 9.55 Å². The number of hydrogen-bond donors (Lipinski definition) is 0. The molecule has 5 rings (SSSR count). The van der Waals surface area contributed by atoms with Crippen molar-refractivity contribution in [2.75, 3.05) is 13.7 Å². The third-order valence-corrected chi connectivity index (χ3v) is 6.48. The minimum atomic E-state index is -0.0407. The van der Waals surface area contributed by atoms with Crippen LogP contribution in [0.2, 0.25) is 0 Å². The van der Waals surface area contributed by atoms with Crippen molar-refractivity contribution in [2.24, 2.45) is 0 Å². The lowest BCUT2D eigenvalue weighted by Gasteiger charge is -2.13. The highest BCUT2D eigenvalue weighted by atomic mass is 32.1. The number of aryl methyl sites for hydroxylation is 1. The van der Waals surface area contributed by atoms with Crippen molar-refractivity contribution in [1.29, 1.82) is 0 Å². The van der Waals surface area contributed by atoms with E-state index in [1.54, 1.807) is 11.7 Å². The Morgan fingerprint density at radius 3 is 2.59 bits per heavy atom. The van der Waals surface area contributed by atoms with Crippen molar-refractivity contribution >= 4 is 32.3 Å². The molecule has 0 spiro atoms. The lowest BCUT2D eigenvalue weighted by Crippen LogP contribution is -2.26. The molecule has 0 bridgehead atoms. The van der Waals surface area contributed by atoms with Gasteiger partial charge in [-0.3, -0.25) is 9.36 Å². The number of hydrogen-bond acceptors (Lipinski definition) is 5. The summed E-state index contributed by atoms with van der Waals surface area (Å²) < 4.78 is 13.0. The summed E-state index contributed by atoms with van der Waals surface area (Å²) >= 11 is 1.49. The molecule has 0 N–H and O–H groups in total. The molecule has 0 amide bonds. The first-order valence-corrected chi connectivity index (χ1v) is 11.3. The summed E-state index contributed by atoms with van der Waals surface area (Å²) in [4.78, 5) is 18.9. The maximum absolute atomic E-state index is 13.4. The Labute approximate surface area is 189 Å². The second-order valence-electron chi connectivity index (χ2n) is 7.50. The van der Waals surface area contributed by atoms with Gasteiger partial charge in [0.1, 0.15) is 28.8 Å². The molecule has 3 aromatic carbocycles. The molecule has 0 saturated heterocycles. The van der Waals surface area contributed by atoms with Crippen molar-refractivity contribution in [3.05, 3.63) is 88.3 Å². The Morgan fingerprint density at radius 2 is 1.78 bits per heavy atom. The number of fused-ring (bicyclic) bond motifs is 2. The van der Waals surface area contributed by atoms with Crippen LogP contribution < -0.4 is 15.0 Å². The monoisotopic (exact) mass is 442 g/mol. The van der Waals surface area contributed by atoms with Crippen LogP contribution in [0.5, 0.6) is 11.5 Å². The number of benzene rings is 3. The van der Waals surface area contributed by atoms with Crippen LogP contribution >= 0.6 is 11.3 Å². The van der Waals surface area contributed by atoms with E-state index in [-0.39, 0.29) is 5.56 Å². The second-order valence-corrected chi connectivity index (χ2v) is 8.36. The fourth-order valence-electron chi connectivity index (χ4n) is 3.94. The van der Waals surface area contributed by atoms with Gasteiger partial charge in [-0.25, -0.2) is 4.98 Å². The smallest absolute Gasteiger partial charge is 0.263 e. The molecule has 6 heteroatoms. The third-order valence-electron chi connectivity index (χ3n) is 5.61. The number of rotatable bonds is 6. The summed E-state index contributed by atoms with van der Waals surface area (Å²) in [5.74, 6) is 2.29. The molecular weight excluding hydrogens is 420 g/mol. The number of aromatic nitrogens is 2. The van der Waals surface area contributed by atoms with Gasteiger partial charge in [0.05, 0.1) is 19.0 Å². The van der Waals surface area contributed by atoms with Crippen LogP contribution in [0.25, 0.3) is 32.1 Å². The highest BCUT2D eigenvalue weighted by Crippen LogP contribution is 2.32. The van der Waals surface area contributed by atoms with E-state index < -0.39 is 0 Å². The van der Waals surface area contributed by atoms with Crippen molar-refractivity contribution in [2.45, 2.75) is 13.5 Å². The number of methoxy groups -OCH3 is 1. The fraction of sp³-hybridized carbons (Fsp3) is 0.154. The number of ether oxygens (including phenoxy) is 2. The average Bonchev–Trinajstić information content (AvgIpc) is 3.25. The van der Waals surface area contributed by atoms with Gasteiger partial charge in [0, 0.05) is 16.3 Å². The number of nitrogens with zero attached hydrogens (tertiary/aromatic N) is 2. The quantitative estimate of drug-likeness (QED) is 0.340. The lowest BCUT2D eigenvalue weighted by molar-refractivity contribution is 0.298. The van der Waals surface area contributed by atoms with Crippen molar-refractivity contribution in [3.8, 4) is 22.6 Å². The van der Waals surface area contributed by atoms with Gasteiger partial charge in [0.25, 0.3) is 5.56 Å². The molecule has 0 unspecified atom stereocenters. The molecule has 5 aromatic rings. The van der Waals surface area contributed by atoms with E-state index in [1.807, 2.05) is 66.9 Å². The highest BCUT2D eigenvalue weighted by molar-refractivity contribution is 7.17. The van der Waals surface area contributed by atoms with Gasteiger partial charge < -0.3 is 9.47 Å². The fourth-order valence-corrected chi connectivity index (χ4v) is 4.92. The maximum atomic E-state index is 13.4. The van der Waals surface area contributed by atoms with Crippen molar-refractivity contribution < 1.29 is 9.47 Å². The van der Waals surface area contributed by atoms with E-state index >= 15 is 0 Å². The van der Waals surface area contributed by atoms with Gasteiger partial charge >= 0.3 is 0 Å². The van der Waals surface area contributed by atoms with Crippen LogP contribution in [0.3, 0.4) is 0 Å². The van der Waals surface area contributed by atoms with E-state index in [9.17, 15) is 4.79 Å². The molecule has 0 aliphatic heterocycles. The second kappa shape index (κ2) is 8.48. The Balaban J connectivity index is 1.45. The summed E-state index contributed by atoms with van der Waals surface area (Å²) in [6.07, 6.45) is 0. The highest BCUT2D eigenvalue weighted by Gasteiger charge is 2.16. The van der Waals surface area contributed by atoms with Crippen molar-refractivity contribution in [3.63, 3.8) is 0 Å². The molecule has 5 nitrogen and oxygen atoms in total. The lowest BCUT2D eigenvalue weighted by atomic mass is 10.1. The predicted molar refractivity (Wildman–Crippen MR) is 130 cm³/mol. The normalized spacial score (nSPS) is 11.2. The molecule has 0 atom stereocenters. The maximum Gasteiger partial charge on any atom is 0.263 e. The zero-order valence-corrected chi connectivity index (χ0v) is 18.7. The summed E-state index contributed by atoms with van der Waals surface area (Å²) in [6, 6.07) is 21.8. The summed E-state index contributed by atoms with van der Waals surface area (Å²) in [5.41, 5.74) is 1.83. The third kappa shape index (κ3) is 3.63. The van der Waals surface area contributed by atoms with Gasteiger partial charge in [-0.1, -0.05) is 48.5 Å². The SMILES string of the molecule is COc1ccc(-c2csc3nc(C)n(CCOc4cccc5ccccc45)c(=O)c23)cc1. The van der Waals surface area contributed by atoms with E-state index in [0.717, 1.165) is 38.2 Å². The molecule has 0 aliphatic rings. The first-order chi connectivity index (χ1) is 15.7. The van der Waals surface area contributed by atoms with Crippen LogP contribution in [0.15, 0.2) is 76.9 Å². The summed E-state index contributed by atoms with van der Waals surface area (Å²) in [5, 5.41) is 4.84. The molecular formula is C26H22N2O3S. The zero-order valence-electron chi connectivity index (χ0n) is 17.9. The first kappa shape index (κ1) is 20.3. The standard InChI is InChI=1S/C26H22N2O3S/c1-17-27-25-24(22(16-32-25)19-10-12-20(30-2)13-11-19)26(29)28(17)14-15-31-23-9-5-7-18-6-3-4-8-21(18)23/h3-13,16H,14-15H2,1-2H3. The minimum absolute atomic E-state index is 0.0407. The largest absolute Gasteiger partial charge is 0.497 e. The minimum Gasteiger partial charge on any atom is -0.497 e. The summed E-state index contributed by atoms with van der Waals surface area (Å²) in [6.45, 7) is 2.67. The average molecular weight is 443 g/mol. The van der Waals surface area contributed by atoms with Crippen LogP contribution in [0.1, 0.15) is 5.82 Å².